The summed E-state index contributed by atoms with van der Waals surface area (Å²) in [6.07, 6.45) is 2.16. The zero-order chi connectivity index (χ0) is 10.4. The van der Waals surface area contributed by atoms with Gasteiger partial charge in [-0.1, -0.05) is 6.08 Å². The Morgan fingerprint density at radius 3 is 3.14 bits per heavy atom. The van der Waals surface area contributed by atoms with Crippen molar-refractivity contribution >= 4 is 17.2 Å². The maximum Gasteiger partial charge on any atom is 0.237 e. The van der Waals surface area contributed by atoms with Crippen molar-refractivity contribution in [2.24, 2.45) is 5.73 Å². The first-order valence-corrected chi connectivity index (χ1v) is 5.33. The molecule has 4 heteroatoms. The van der Waals surface area contributed by atoms with Gasteiger partial charge in [0.25, 0.3) is 0 Å². The van der Waals surface area contributed by atoms with Crippen LogP contribution in [0.15, 0.2) is 29.5 Å². The van der Waals surface area contributed by atoms with Gasteiger partial charge in [-0.2, -0.15) is 11.3 Å². The molecule has 76 valence electrons. The molecule has 1 amide bonds. The molecule has 0 bridgehead atoms. The molecule has 1 atom stereocenters. The lowest BCUT2D eigenvalue weighted by molar-refractivity contribution is -0.122. The molecule has 0 fully saturated rings. The van der Waals surface area contributed by atoms with Crippen molar-refractivity contribution in [1.29, 1.82) is 0 Å². The maximum absolute atomic E-state index is 11.3. The number of hydrogen-bond acceptors (Lipinski definition) is 3. The minimum absolute atomic E-state index is 0.129. The molecular formula is C10H14N2OS. The van der Waals surface area contributed by atoms with Gasteiger partial charge in [-0.05, 0) is 28.8 Å². The van der Waals surface area contributed by atoms with Gasteiger partial charge < -0.3 is 11.1 Å². The summed E-state index contributed by atoms with van der Waals surface area (Å²) in [5.74, 6) is -0.129. The third kappa shape index (κ3) is 3.32. The van der Waals surface area contributed by atoms with Gasteiger partial charge in [0.1, 0.15) is 0 Å². The first-order chi connectivity index (χ1) is 6.74. The Labute approximate surface area is 87.6 Å². The molecule has 3 N–H and O–H groups in total. The highest BCUT2D eigenvalue weighted by molar-refractivity contribution is 7.07. The lowest BCUT2D eigenvalue weighted by Crippen LogP contribution is -2.39. The summed E-state index contributed by atoms with van der Waals surface area (Å²) in [6, 6.07) is 1.50. The Hall–Kier alpha value is -1.13. The Bertz CT molecular complexity index is 295. The van der Waals surface area contributed by atoms with Gasteiger partial charge in [0.15, 0.2) is 0 Å². The van der Waals surface area contributed by atoms with E-state index in [-0.39, 0.29) is 5.91 Å². The van der Waals surface area contributed by atoms with Crippen LogP contribution in [0.3, 0.4) is 0 Å². The van der Waals surface area contributed by atoms with Crippen molar-refractivity contribution in [3.05, 3.63) is 35.0 Å². The van der Waals surface area contributed by atoms with E-state index in [9.17, 15) is 4.79 Å². The number of rotatable bonds is 5. The number of thiophene rings is 1. The molecule has 1 unspecified atom stereocenters. The summed E-state index contributed by atoms with van der Waals surface area (Å²) in [5, 5.41) is 6.74. The summed E-state index contributed by atoms with van der Waals surface area (Å²) >= 11 is 1.61. The normalized spacial score (nSPS) is 12.1. The second kappa shape index (κ2) is 5.57. The highest BCUT2D eigenvalue weighted by Gasteiger charge is 2.10. The van der Waals surface area contributed by atoms with Crippen LogP contribution >= 0.6 is 11.3 Å². The molecule has 0 aliphatic heterocycles. The number of nitrogens with one attached hydrogen (secondary N) is 1. The molecule has 1 rings (SSSR count). The topological polar surface area (TPSA) is 55.1 Å². The second-order valence-electron chi connectivity index (χ2n) is 2.98. The van der Waals surface area contributed by atoms with Crippen LogP contribution in [0, 0.1) is 0 Å². The molecule has 0 aliphatic carbocycles. The van der Waals surface area contributed by atoms with E-state index in [1.165, 1.54) is 0 Å². The molecule has 14 heavy (non-hydrogen) atoms. The third-order valence-corrected chi connectivity index (χ3v) is 2.54. The van der Waals surface area contributed by atoms with Crippen LogP contribution in [-0.4, -0.2) is 11.9 Å². The fourth-order valence-electron chi connectivity index (χ4n) is 1.00. The fraction of sp³-hybridized carbons (Fsp3) is 0.300. The highest BCUT2D eigenvalue weighted by Crippen LogP contribution is 2.04. The van der Waals surface area contributed by atoms with Crippen LogP contribution in [0.1, 0.15) is 12.0 Å². The van der Waals surface area contributed by atoms with Gasteiger partial charge in [-0.15, -0.1) is 6.58 Å². The van der Waals surface area contributed by atoms with Crippen LogP contribution in [0.5, 0.6) is 0 Å². The van der Waals surface area contributed by atoms with Gasteiger partial charge in [-0.3, -0.25) is 4.79 Å². The first-order valence-electron chi connectivity index (χ1n) is 4.39. The van der Waals surface area contributed by atoms with Gasteiger partial charge >= 0.3 is 0 Å². The average molecular weight is 210 g/mol. The van der Waals surface area contributed by atoms with Crippen LogP contribution in [0.4, 0.5) is 0 Å². The minimum Gasteiger partial charge on any atom is -0.351 e. The molecule has 0 radical (unpaired) electrons. The van der Waals surface area contributed by atoms with Gasteiger partial charge in [0.05, 0.1) is 6.04 Å². The summed E-state index contributed by atoms with van der Waals surface area (Å²) in [6.45, 7) is 4.08. The molecule has 0 saturated carbocycles. The van der Waals surface area contributed by atoms with E-state index >= 15 is 0 Å². The number of hydrogen-bond donors (Lipinski definition) is 2. The lowest BCUT2D eigenvalue weighted by Gasteiger charge is -2.09. The summed E-state index contributed by atoms with van der Waals surface area (Å²) in [7, 11) is 0. The fourth-order valence-corrected chi connectivity index (χ4v) is 1.67. The lowest BCUT2D eigenvalue weighted by atomic mass is 10.2. The maximum atomic E-state index is 11.3. The van der Waals surface area contributed by atoms with E-state index in [0.29, 0.717) is 13.0 Å². The predicted molar refractivity (Wildman–Crippen MR) is 59.0 cm³/mol. The van der Waals surface area contributed by atoms with Crippen molar-refractivity contribution < 1.29 is 4.79 Å². The Kier molecular flexibility index (Phi) is 4.35. The van der Waals surface area contributed by atoms with Crippen molar-refractivity contribution in [3.8, 4) is 0 Å². The minimum atomic E-state index is -0.480. The quantitative estimate of drug-likeness (QED) is 0.719. The van der Waals surface area contributed by atoms with Crippen LogP contribution in [0.25, 0.3) is 0 Å². The monoisotopic (exact) mass is 210 g/mol. The zero-order valence-corrected chi connectivity index (χ0v) is 8.72. The third-order valence-electron chi connectivity index (χ3n) is 1.80. The Balaban J connectivity index is 2.31. The first kappa shape index (κ1) is 10.9. The molecule has 0 aromatic carbocycles. The Morgan fingerprint density at radius 2 is 2.57 bits per heavy atom. The van der Waals surface area contributed by atoms with Crippen LogP contribution in [-0.2, 0) is 11.3 Å². The molecule has 0 spiro atoms. The van der Waals surface area contributed by atoms with Gasteiger partial charge in [0.2, 0.25) is 5.91 Å². The molecule has 3 nitrogen and oxygen atoms in total. The van der Waals surface area contributed by atoms with Crippen LogP contribution < -0.4 is 11.1 Å². The summed E-state index contributed by atoms with van der Waals surface area (Å²) < 4.78 is 0. The van der Waals surface area contributed by atoms with E-state index in [1.54, 1.807) is 17.4 Å². The molecule has 1 heterocycles. The zero-order valence-electron chi connectivity index (χ0n) is 7.90. The van der Waals surface area contributed by atoms with E-state index in [0.717, 1.165) is 5.56 Å². The van der Waals surface area contributed by atoms with Gasteiger partial charge in [0, 0.05) is 6.54 Å². The Morgan fingerprint density at radius 1 is 1.79 bits per heavy atom. The molecule has 1 aromatic rings. The molecular weight excluding hydrogens is 196 g/mol. The number of nitrogens with two attached hydrogens (primary N) is 1. The van der Waals surface area contributed by atoms with Crippen molar-refractivity contribution in [1.82, 2.24) is 5.32 Å². The van der Waals surface area contributed by atoms with E-state index < -0.39 is 6.04 Å². The number of carbonyl (C=O) groups is 1. The largest absolute Gasteiger partial charge is 0.351 e. The van der Waals surface area contributed by atoms with Crippen molar-refractivity contribution in [2.75, 3.05) is 0 Å². The smallest absolute Gasteiger partial charge is 0.237 e. The molecule has 0 saturated heterocycles. The van der Waals surface area contributed by atoms with Gasteiger partial charge in [-0.25, -0.2) is 0 Å². The van der Waals surface area contributed by atoms with Crippen molar-refractivity contribution in [3.63, 3.8) is 0 Å². The van der Waals surface area contributed by atoms with Crippen LogP contribution in [0.2, 0.25) is 0 Å². The standard InChI is InChI=1S/C10H14N2OS/c1-2-3-9(11)10(13)12-6-8-4-5-14-7-8/h2,4-5,7,9H,1,3,6,11H2,(H,12,13). The average Bonchev–Trinajstić information content (AvgIpc) is 2.67. The van der Waals surface area contributed by atoms with E-state index in [2.05, 4.69) is 11.9 Å². The highest BCUT2D eigenvalue weighted by atomic mass is 32.1. The van der Waals surface area contributed by atoms with Crippen molar-refractivity contribution in [2.45, 2.75) is 19.0 Å². The molecule has 1 aromatic heterocycles. The predicted octanol–water partition coefficient (Wildman–Crippen LogP) is 1.27. The molecule has 0 aliphatic rings. The number of carbonyl (C=O) groups excluding carboxylic acids is 1. The second-order valence-corrected chi connectivity index (χ2v) is 3.76. The van der Waals surface area contributed by atoms with E-state index in [4.69, 9.17) is 5.73 Å². The van der Waals surface area contributed by atoms with E-state index in [1.807, 2.05) is 16.8 Å². The SMILES string of the molecule is C=CCC(N)C(=O)NCc1ccsc1. The number of amides is 1. The summed E-state index contributed by atoms with van der Waals surface area (Å²) in [5.41, 5.74) is 6.69. The summed E-state index contributed by atoms with van der Waals surface area (Å²) in [4.78, 5) is 11.3.